The topological polar surface area (TPSA) is 76.7 Å². The third-order valence-electron chi connectivity index (χ3n) is 4.54. The maximum atomic E-state index is 12.4. The first-order valence-electron chi connectivity index (χ1n) is 8.50. The highest BCUT2D eigenvalue weighted by Gasteiger charge is 2.18. The molecule has 2 heterocycles. The van der Waals surface area contributed by atoms with E-state index in [0.29, 0.717) is 30.8 Å². The number of hydrogen-bond donors (Lipinski definition) is 3. The van der Waals surface area contributed by atoms with Crippen molar-refractivity contribution >= 4 is 23.2 Å². The van der Waals surface area contributed by atoms with Crippen LogP contribution in [0.1, 0.15) is 16.8 Å². The molecule has 0 radical (unpaired) electrons. The standard InChI is InChI=1S/C17H25N5O2/c1-21-8-4-16(23)20-14-12-13(2-3-15(14)21)17(24)19-7-11-22-9-5-18-6-10-22/h2-3,12,18H,4-11H2,1H3,(H,19,24)(H,20,23). The van der Waals surface area contributed by atoms with Gasteiger partial charge in [0.1, 0.15) is 0 Å². The van der Waals surface area contributed by atoms with Crippen LogP contribution in [0.25, 0.3) is 0 Å². The molecule has 0 spiro atoms. The molecule has 7 nitrogen and oxygen atoms in total. The Morgan fingerprint density at radius 1 is 1.25 bits per heavy atom. The zero-order chi connectivity index (χ0) is 16.9. The van der Waals surface area contributed by atoms with Crippen molar-refractivity contribution < 1.29 is 9.59 Å². The van der Waals surface area contributed by atoms with Crippen molar-refractivity contribution in [2.24, 2.45) is 0 Å². The predicted octanol–water partition coefficient (Wildman–Crippen LogP) is 0.100. The van der Waals surface area contributed by atoms with Gasteiger partial charge in [-0.15, -0.1) is 0 Å². The zero-order valence-electron chi connectivity index (χ0n) is 14.1. The summed E-state index contributed by atoms with van der Waals surface area (Å²) >= 11 is 0. The fourth-order valence-corrected chi connectivity index (χ4v) is 3.08. The summed E-state index contributed by atoms with van der Waals surface area (Å²) in [6, 6.07) is 5.47. The molecule has 7 heteroatoms. The molecule has 2 aliphatic heterocycles. The number of carbonyl (C=O) groups is 2. The lowest BCUT2D eigenvalue weighted by molar-refractivity contribution is -0.115. The second-order valence-electron chi connectivity index (χ2n) is 6.30. The summed E-state index contributed by atoms with van der Waals surface area (Å²) in [5, 5.41) is 9.16. The van der Waals surface area contributed by atoms with E-state index >= 15 is 0 Å². The van der Waals surface area contributed by atoms with Crippen LogP contribution in [0.15, 0.2) is 18.2 Å². The maximum absolute atomic E-state index is 12.4. The molecule has 24 heavy (non-hydrogen) atoms. The molecule has 1 fully saturated rings. The number of amides is 2. The van der Waals surface area contributed by atoms with Crippen molar-refractivity contribution in [1.29, 1.82) is 0 Å². The molecule has 1 aromatic rings. The lowest BCUT2D eigenvalue weighted by Crippen LogP contribution is -2.46. The fourth-order valence-electron chi connectivity index (χ4n) is 3.08. The molecule has 3 N–H and O–H groups in total. The van der Waals surface area contributed by atoms with E-state index in [1.165, 1.54) is 0 Å². The highest BCUT2D eigenvalue weighted by atomic mass is 16.2. The molecule has 0 aromatic heterocycles. The van der Waals surface area contributed by atoms with Crippen molar-refractivity contribution in [3.8, 4) is 0 Å². The number of nitrogens with zero attached hydrogens (tertiary/aromatic N) is 2. The molecule has 2 aliphatic rings. The number of benzene rings is 1. The summed E-state index contributed by atoms with van der Waals surface area (Å²) < 4.78 is 0. The van der Waals surface area contributed by atoms with Gasteiger partial charge in [0.05, 0.1) is 11.4 Å². The average Bonchev–Trinajstić information content (AvgIpc) is 2.74. The summed E-state index contributed by atoms with van der Waals surface area (Å²) in [7, 11) is 1.95. The van der Waals surface area contributed by atoms with Gasteiger partial charge in [-0.2, -0.15) is 0 Å². The minimum atomic E-state index is -0.103. The normalized spacial score (nSPS) is 18.5. The summed E-state index contributed by atoms with van der Waals surface area (Å²) in [6.07, 6.45) is 0.456. The molecule has 0 aliphatic carbocycles. The Morgan fingerprint density at radius 2 is 2.04 bits per heavy atom. The van der Waals surface area contributed by atoms with Crippen LogP contribution < -0.4 is 20.9 Å². The van der Waals surface area contributed by atoms with E-state index in [-0.39, 0.29) is 11.8 Å². The molecule has 0 atom stereocenters. The van der Waals surface area contributed by atoms with Gasteiger partial charge in [-0.05, 0) is 18.2 Å². The van der Waals surface area contributed by atoms with E-state index in [1.807, 2.05) is 24.1 Å². The second kappa shape index (κ2) is 7.63. The number of fused-ring (bicyclic) bond motifs is 1. The van der Waals surface area contributed by atoms with Gasteiger partial charge >= 0.3 is 0 Å². The predicted molar refractivity (Wildman–Crippen MR) is 94.6 cm³/mol. The SMILES string of the molecule is CN1CCC(=O)Nc2cc(C(=O)NCCN3CCNCC3)ccc21. The molecule has 1 saturated heterocycles. The summed E-state index contributed by atoms with van der Waals surface area (Å²) in [6.45, 7) is 6.22. The van der Waals surface area contributed by atoms with Crippen molar-refractivity contribution in [3.63, 3.8) is 0 Å². The third-order valence-corrected chi connectivity index (χ3v) is 4.54. The highest BCUT2D eigenvalue weighted by molar-refractivity contribution is 6.00. The number of rotatable bonds is 4. The summed E-state index contributed by atoms with van der Waals surface area (Å²) in [5.41, 5.74) is 2.22. The van der Waals surface area contributed by atoms with E-state index in [0.717, 1.165) is 38.4 Å². The van der Waals surface area contributed by atoms with E-state index < -0.39 is 0 Å². The molecule has 3 rings (SSSR count). The van der Waals surface area contributed by atoms with Crippen LogP contribution in [-0.2, 0) is 4.79 Å². The Bertz CT molecular complexity index is 613. The summed E-state index contributed by atoms with van der Waals surface area (Å²) in [5.74, 6) is -0.119. The number of hydrogen-bond acceptors (Lipinski definition) is 5. The number of piperazine rings is 1. The molecule has 130 valence electrons. The first kappa shape index (κ1) is 16.7. The molecular formula is C17H25N5O2. The number of anilines is 2. The molecule has 0 unspecified atom stereocenters. The molecule has 1 aromatic carbocycles. The largest absolute Gasteiger partial charge is 0.372 e. The van der Waals surface area contributed by atoms with Gasteiger partial charge < -0.3 is 20.9 Å². The van der Waals surface area contributed by atoms with Crippen LogP contribution in [0.3, 0.4) is 0 Å². The lowest BCUT2D eigenvalue weighted by Gasteiger charge is -2.27. The summed E-state index contributed by atoms with van der Waals surface area (Å²) in [4.78, 5) is 28.5. The van der Waals surface area contributed by atoms with E-state index in [9.17, 15) is 9.59 Å². The minimum Gasteiger partial charge on any atom is -0.372 e. The van der Waals surface area contributed by atoms with Crippen molar-refractivity contribution in [1.82, 2.24) is 15.5 Å². The Labute approximate surface area is 142 Å². The Hall–Kier alpha value is -2.12. The van der Waals surface area contributed by atoms with Crippen molar-refractivity contribution in [2.75, 3.05) is 63.1 Å². The first-order valence-corrected chi connectivity index (χ1v) is 8.50. The second-order valence-corrected chi connectivity index (χ2v) is 6.30. The van der Waals surface area contributed by atoms with Crippen LogP contribution in [0.2, 0.25) is 0 Å². The van der Waals surface area contributed by atoms with E-state index in [2.05, 4.69) is 20.9 Å². The highest BCUT2D eigenvalue weighted by Crippen LogP contribution is 2.28. The van der Waals surface area contributed by atoms with Gasteiger partial charge in [0, 0.05) is 64.8 Å². The quantitative estimate of drug-likeness (QED) is 0.730. The van der Waals surface area contributed by atoms with E-state index in [4.69, 9.17) is 0 Å². The number of nitrogens with one attached hydrogen (secondary N) is 3. The van der Waals surface area contributed by atoms with Gasteiger partial charge in [0.25, 0.3) is 5.91 Å². The smallest absolute Gasteiger partial charge is 0.251 e. The number of carbonyl (C=O) groups excluding carboxylic acids is 2. The Morgan fingerprint density at radius 3 is 2.83 bits per heavy atom. The molecule has 0 bridgehead atoms. The van der Waals surface area contributed by atoms with Gasteiger partial charge in [0.15, 0.2) is 0 Å². The lowest BCUT2D eigenvalue weighted by atomic mass is 10.1. The third kappa shape index (κ3) is 4.04. The van der Waals surface area contributed by atoms with Crippen LogP contribution in [0.5, 0.6) is 0 Å². The monoisotopic (exact) mass is 331 g/mol. The van der Waals surface area contributed by atoms with Gasteiger partial charge in [-0.3, -0.25) is 14.5 Å². The average molecular weight is 331 g/mol. The van der Waals surface area contributed by atoms with Gasteiger partial charge in [-0.25, -0.2) is 0 Å². The molecular weight excluding hydrogens is 306 g/mol. The fraction of sp³-hybridized carbons (Fsp3) is 0.529. The van der Waals surface area contributed by atoms with Crippen LogP contribution in [0, 0.1) is 0 Å². The van der Waals surface area contributed by atoms with Gasteiger partial charge in [0.2, 0.25) is 5.91 Å². The molecule has 0 saturated carbocycles. The van der Waals surface area contributed by atoms with Gasteiger partial charge in [-0.1, -0.05) is 0 Å². The van der Waals surface area contributed by atoms with Crippen LogP contribution in [0.4, 0.5) is 11.4 Å². The van der Waals surface area contributed by atoms with E-state index in [1.54, 1.807) is 6.07 Å². The van der Waals surface area contributed by atoms with Crippen molar-refractivity contribution in [2.45, 2.75) is 6.42 Å². The Balaban J connectivity index is 1.59. The minimum absolute atomic E-state index is 0.0168. The van der Waals surface area contributed by atoms with Crippen LogP contribution in [-0.4, -0.2) is 69.6 Å². The first-order chi connectivity index (χ1) is 11.6. The molecule has 2 amide bonds. The Kier molecular flexibility index (Phi) is 5.32. The van der Waals surface area contributed by atoms with Crippen molar-refractivity contribution in [3.05, 3.63) is 23.8 Å². The van der Waals surface area contributed by atoms with Crippen LogP contribution >= 0.6 is 0 Å². The zero-order valence-corrected chi connectivity index (χ0v) is 14.1. The maximum Gasteiger partial charge on any atom is 0.251 e.